The van der Waals surface area contributed by atoms with Crippen molar-refractivity contribution in [1.82, 2.24) is 4.90 Å². The molecular formula is C35H47NO2. The average Bonchev–Trinajstić information content (AvgIpc) is 2.94. The van der Waals surface area contributed by atoms with Gasteiger partial charge in [-0.25, -0.2) is 0 Å². The average molecular weight is 514 g/mol. The maximum atomic E-state index is 13.3. The number of likely N-dealkylation sites (tertiary alicyclic amines) is 1. The summed E-state index contributed by atoms with van der Waals surface area (Å²) in [5.74, 6) is 0.196. The van der Waals surface area contributed by atoms with E-state index in [2.05, 4.69) is 6.92 Å². The van der Waals surface area contributed by atoms with E-state index in [-0.39, 0.29) is 11.7 Å². The fourth-order valence-corrected chi connectivity index (χ4v) is 5.17. The molecule has 1 heterocycles. The Morgan fingerprint density at radius 1 is 0.632 bits per heavy atom. The van der Waals surface area contributed by atoms with Crippen LogP contribution in [-0.4, -0.2) is 29.7 Å². The molecule has 1 aliphatic rings. The van der Waals surface area contributed by atoms with E-state index >= 15 is 0 Å². The number of benzene rings is 2. The van der Waals surface area contributed by atoms with Crippen molar-refractivity contribution in [2.24, 2.45) is 0 Å². The molecule has 1 fully saturated rings. The second-order valence-electron chi connectivity index (χ2n) is 10.7. The molecule has 0 N–H and O–H groups in total. The third-order valence-electron chi connectivity index (χ3n) is 7.43. The number of hydrogen-bond acceptors (Lipinski definition) is 2. The summed E-state index contributed by atoms with van der Waals surface area (Å²) in [5.41, 5.74) is 3.34. The molecule has 0 aliphatic carbocycles. The molecule has 38 heavy (non-hydrogen) atoms. The minimum absolute atomic E-state index is 0.0442. The van der Waals surface area contributed by atoms with E-state index in [1.807, 2.05) is 77.7 Å². The summed E-state index contributed by atoms with van der Waals surface area (Å²) in [6.07, 6.45) is 21.3. The number of rotatable bonds is 16. The Morgan fingerprint density at radius 2 is 1.03 bits per heavy atom. The van der Waals surface area contributed by atoms with Gasteiger partial charge in [-0.1, -0.05) is 145 Å². The molecule has 0 atom stereocenters. The Hall–Kier alpha value is -2.94. The molecule has 0 radical (unpaired) electrons. The molecular weight excluding hydrogens is 466 g/mol. The van der Waals surface area contributed by atoms with Crippen molar-refractivity contribution in [1.29, 1.82) is 0 Å². The summed E-state index contributed by atoms with van der Waals surface area (Å²) >= 11 is 0. The van der Waals surface area contributed by atoms with Crippen LogP contribution in [0.5, 0.6) is 0 Å². The molecule has 1 amide bonds. The molecule has 3 nitrogen and oxygen atoms in total. The summed E-state index contributed by atoms with van der Waals surface area (Å²) in [4.78, 5) is 28.3. The van der Waals surface area contributed by atoms with Crippen molar-refractivity contribution in [3.8, 4) is 0 Å². The molecule has 3 rings (SSSR count). The van der Waals surface area contributed by atoms with Gasteiger partial charge in [0.05, 0.1) is 0 Å². The molecule has 0 aromatic heterocycles. The van der Waals surface area contributed by atoms with Crippen LogP contribution in [0.1, 0.15) is 108 Å². The predicted octanol–water partition coefficient (Wildman–Crippen LogP) is 9.05. The second kappa shape index (κ2) is 17.5. The summed E-state index contributed by atoms with van der Waals surface area (Å²) in [6, 6.07) is 19.8. The molecule has 204 valence electrons. The smallest absolute Gasteiger partial charge is 0.223 e. The largest absolute Gasteiger partial charge is 0.334 e. The molecule has 2 aromatic carbocycles. The van der Waals surface area contributed by atoms with Crippen LogP contribution in [0.4, 0.5) is 0 Å². The van der Waals surface area contributed by atoms with Crippen LogP contribution in [0, 0.1) is 0 Å². The van der Waals surface area contributed by atoms with E-state index in [1.54, 1.807) is 0 Å². The fourth-order valence-electron chi connectivity index (χ4n) is 5.17. The maximum Gasteiger partial charge on any atom is 0.223 e. The zero-order chi connectivity index (χ0) is 26.8. The van der Waals surface area contributed by atoms with Crippen molar-refractivity contribution in [2.75, 3.05) is 13.1 Å². The van der Waals surface area contributed by atoms with Gasteiger partial charge in [0, 0.05) is 30.7 Å². The minimum atomic E-state index is 0.0442. The number of ketones is 1. The standard InChI is InChI=1S/C35H47NO2/c1-2-3-4-5-6-7-8-9-10-11-12-13-20-25-34(37)36-28-32(26-30-21-16-14-17-22-30)35(38)33(29-36)27-31-23-18-15-19-24-31/h14-19,21-24,26-27H,2-13,20,25,28-29H2,1H3/b32-26+,33-27+. The number of carbonyl (C=O) groups excluding carboxylic acids is 2. The lowest BCUT2D eigenvalue weighted by Gasteiger charge is -2.30. The van der Waals surface area contributed by atoms with Gasteiger partial charge in [0.2, 0.25) is 5.91 Å². The Labute approximate surface area is 231 Å². The van der Waals surface area contributed by atoms with Gasteiger partial charge in [-0.2, -0.15) is 0 Å². The van der Waals surface area contributed by atoms with Gasteiger partial charge in [-0.3, -0.25) is 9.59 Å². The van der Waals surface area contributed by atoms with E-state index in [0.29, 0.717) is 30.7 Å². The summed E-state index contributed by atoms with van der Waals surface area (Å²) in [6.45, 7) is 3.04. The number of unbranched alkanes of at least 4 members (excludes halogenated alkanes) is 12. The van der Waals surface area contributed by atoms with Gasteiger partial charge >= 0.3 is 0 Å². The molecule has 1 aliphatic heterocycles. The molecule has 1 saturated heterocycles. The van der Waals surface area contributed by atoms with Gasteiger partial charge in [0.25, 0.3) is 0 Å². The molecule has 0 unspecified atom stereocenters. The third-order valence-corrected chi connectivity index (χ3v) is 7.43. The lowest BCUT2D eigenvalue weighted by atomic mass is 9.94. The van der Waals surface area contributed by atoms with Crippen LogP contribution in [0.25, 0.3) is 12.2 Å². The number of Topliss-reactive ketones (excluding diaryl/α,β-unsaturated/α-hetero) is 1. The first kappa shape index (κ1) is 29.6. The lowest BCUT2D eigenvalue weighted by Crippen LogP contribution is -2.41. The van der Waals surface area contributed by atoms with Gasteiger partial charge < -0.3 is 4.90 Å². The first-order valence-corrected chi connectivity index (χ1v) is 15.0. The summed E-state index contributed by atoms with van der Waals surface area (Å²) in [7, 11) is 0. The van der Waals surface area contributed by atoms with Crippen molar-refractivity contribution in [2.45, 2.75) is 96.8 Å². The van der Waals surface area contributed by atoms with E-state index in [0.717, 1.165) is 24.0 Å². The topological polar surface area (TPSA) is 37.4 Å². The van der Waals surface area contributed by atoms with Crippen LogP contribution in [0.15, 0.2) is 71.8 Å². The van der Waals surface area contributed by atoms with Crippen LogP contribution in [0.2, 0.25) is 0 Å². The summed E-state index contributed by atoms with van der Waals surface area (Å²) < 4.78 is 0. The number of amides is 1. The molecule has 3 heteroatoms. The third kappa shape index (κ3) is 10.8. The highest BCUT2D eigenvalue weighted by atomic mass is 16.2. The number of hydrogen-bond donors (Lipinski definition) is 0. The highest BCUT2D eigenvalue weighted by Crippen LogP contribution is 2.23. The molecule has 0 bridgehead atoms. The highest BCUT2D eigenvalue weighted by molar-refractivity contribution is 6.15. The first-order valence-electron chi connectivity index (χ1n) is 15.0. The SMILES string of the molecule is CCCCCCCCCCCCCCCC(=O)N1C/C(=C\c2ccccc2)C(=O)/C(=C/c2ccccc2)C1. The van der Waals surface area contributed by atoms with Crippen molar-refractivity contribution in [3.05, 3.63) is 82.9 Å². The fraction of sp³-hybridized carbons (Fsp3) is 0.486. The monoisotopic (exact) mass is 513 g/mol. The van der Waals surface area contributed by atoms with Crippen LogP contribution in [-0.2, 0) is 9.59 Å². The first-order chi connectivity index (χ1) is 18.7. The van der Waals surface area contributed by atoms with E-state index in [9.17, 15) is 9.59 Å². The van der Waals surface area contributed by atoms with Gasteiger partial charge in [-0.15, -0.1) is 0 Å². The maximum absolute atomic E-state index is 13.3. The Bertz CT molecular complexity index is 961. The van der Waals surface area contributed by atoms with Crippen LogP contribution in [0.3, 0.4) is 0 Å². The molecule has 2 aromatic rings. The zero-order valence-corrected chi connectivity index (χ0v) is 23.5. The van der Waals surface area contributed by atoms with E-state index < -0.39 is 0 Å². The Morgan fingerprint density at radius 3 is 1.45 bits per heavy atom. The quantitative estimate of drug-likeness (QED) is 0.166. The van der Waals surface area contributed by atoms with Gasteiger partial charge in [-0.05, 0) is 29.7 Å². The van der Waals surface area contributed by atoms with Crippen LogP contribution >= 0.6 is 0 Å². The van der Waals surface area contributed by atoms with Gasteiger partial charge in [0.15, 0.2) is 5.78 Å². The number of nitrogens with zero attached hydrogens (tertiary/aromatic N) is 1. The molecule has 0 saturated carbocycles. The number of carbonyl (C=O) groups is 2. The Kier molecular flexibility index (Phi) is 13.7. The second-order valence-corrected chi connectivity index (χ2v) is 10.7. The minimum Gasteiger partial charge on any atom is -0.334 e. The lowest BCUT2D eigenvalue weighted by molar-refractivity contribution is -0.131. The molecule has 0 spiro atoms. The zero-order valence-electron chi connectivity index (χ0n) is 23.5. The van der Waals surface area contributed by atoms with Crippen LogP contribution < -0.4 is 0 Å². The Balaban J connectivity index is 1.45. The van der Waals surface area contributed by atoms with E-state index in [1.165, 1.54) is 70.6 Å². The van der Waals surface area contributed by atoms with E-state index in [4.69, 9.17) is 0 Å². The van der Waals surface area contributed by atoms with Crippen molar-refractivity contribution >= 4 is 23.8 Å². The highest BCUT2D eigenvalue weighted by Gasteiger charge is 2.28. The van der Waals surface area contributed by atoms with Gasteiger partial charge in [0.1, 0.15) is 0 Å². The van der Waals surface area contributed by atoms with Crippen molar-refractivity contribution < 1.29 is 9.59 Å². The number of piperidine rings is 1. The van der Waals surface area contributed by atoms with Crippen molar-refractivity contribution in [3.63, 3.8) is 0 Å². The predicted molar refractivity (Wildman–Crippen MR) is 161 cm³/mol. The summed E-state index contributed by atoms with van der Waals surface area (Å²) in [5, 5.41) is 0. The normalized spacial score (nSPS) is 15.9.